The molecule has 1 unspecified atom stereocenters. The molecule has 1 saturated heterocycles. The van der Waals surface area contributed by atoms with Gasteiger partial charge in [-0.3, -0.25) is 14.6 Å². The highest BCUT2D eigenvalue weighted by Gasteiger charge is 2.35. The molecule has 1 aromatic carbocycles. The Morgan fingerprint density at radius 3 is 2.79 bits per heavy atom. The lowest BCUT2D eigenvalue weighted by Gasteiger charge is -2.29. The zero-order valence-corrected chi connectivity index (χ0v) is 16.5. The molecule has 1 aliphatic heterocycles. The van der Waals surface area contributed by atoms with E-state index in [1.807, 2.05) is 37.3 Å². The van der Waals surface area contributed by atoms with Crippen LogP contribution in [0.2, 0.25) is 0 Å². The molecule has 0 spiro atoms. The number of carbonyl (C=O) groups excluding carboxylic acids is 2. The number of aromatic nitrogens is 3. The maximum atomic E-state index is 13.4. The van der Waals surface area contributed by atoms with E-state index < -0.39 is 6.04 Å². The molecule has 8 nitrogen and oxygen atoms in total. The lowest BCUT2D eigenvalue weighted by Crippen LogP contribution is -2.40. The Balaban J connectivity index is 1.69. The van der Waals surface area contributed by atoms with Gasteiger partial charge in [0.15, 0.2) is 5.82 Å². The molecule has 3 heterocycles. The van der Waals surface area contributed by atoms with Gasteiger partial charge in [0.2, 0.25) is 5.91 Å². The Labute approximate surface area is 168 Å². The summed E-state index contributed by atoms with van der Waals surface area (Å²) in [5, 5.41) is 5.65. The van der Waals surface area contributed by atoms with Crippen molar-refractivity contribution in [2.24, 2.45) is 0 Å². The van der Waals surface area contributed by atoms with E-state index in [1.165, 1.54) is 0 Å². The van der Waals surface area contributed by atoms with Gasteiger partial charge in [0.05, 0.1) is 6.54 Å². The molecule has 2 aromatic heterocycles. The molecule has 150 valence electrons. The van der Waals surface area contributed by atoms with Gasteiger partial charge >= 0.3 is 0 Å². The zero-order chi connectivity index (χ0) is 20.4. The van der Waals surface area contributed by atoms with Crippen LogP contribution in [0.25, 0.3) is 10.8 Å². The minimum absolute atomic E-state index is 0.00318. The Kier molecular flexibility index (Phi) is 5.24. The van der Waals surface area contributed by atoms with E-state index in [-0.39, 0.29) is 18.4 Å². The lowest BCUT2D eigenvalue weighted by atomic mass is 10.1. The maximum absolute atomic E-state index is 13.4. The Hall–Kier alpha value is -3.29. The molecule has 1 aliphatic rings. The average molecular weight is 393 g/mol. The predicted octanol–water partition coefficient (Wildman–Crippen LogP) is 2.75. The maximum Gasteiger partial charge on any atom is 0.273 e. The summed E-state index contributed by atoms with van der Waals surface area (Å²) in [6, 6.07) is 9.12. The van der Waals surface area contributed by atoms with Gasteiger partial charge < -0.3 is 14.3 Å². The van der Waals surface area contributed by atoms with Crippen LogP contribution >= 0.6 is 0 Å². The second kappa shape index (κ2) is 7.98. The zero-order valence-electron chi connectivity index (χ0n) is 16.5. The first-order valence-electron chi connectivity index (χ1n) is 9.81. The van der Waals surface area contributed by atoms with Crippen molar-refractivity contribution < 1.29 is 14.1 Å². The van der Waals surface area contributed by atoms with Crippen LogP contribution in [0, 0.1) is 6.92 Å². The normalized spacial score (nSPS) is 17.4. The summed E-state index contributed by atoms with van der Waals surface area (Å²) >= 11 is 0. The fourth-order valence-corrected chi connectivity index (χ4v) is 3.77. The quantitative estimate of drug-likeness (QED) is 0.679. The highest BCUT2D eigenvalue weighted by atomic mass is 16.5. The first kappa shape index (κ1) is 19.0. The number of rotatable bonds is 3. The van der Waals surface area contributed by atoms with Crippen molar-refractivity contribution in [1.82, 2.24) is 24.9 Å². The average Bonchev–Trinajstić information content (AvgIpc) is 3.06. The molecule has 3 aromatic rings. The van der Waals surface area contributed by atoms with E-state index in [1.54, 1.807) is 22.9 Å². The van der Waals surface area contributed by atoms with Crippen LogP contribution in [0.5, 0.6) is 0 Å². The molecule has 1 atom stereocenters. The molecule has 0 bridgehead atoms. The van der Waals surface area contributed by atoms with Crippen molar-refractivity contribution in [3.05, 3.63) is 53.9 Å². The lowest BCUT2D eigenvalue weighted by molar-refractivity contribution is -0.133. The molecule has 0 aliphatic carbocycles. The molecule has 29 heavy (non-hydrogen) atoms. The molecule has 1 fully saturated rings. The molecule has 0 N–H and O–H groups in total. The Morgan fingerprint density at radius 1 is 1.21 bits per heavy atom. The SMILES string of the molecule is CCC(=O)N1CCCN(C(=O)c2nccc3ccccc23)CC1c1nc(C)no1. The topological polar surface area (TPSA) is 92.4 Å². The molecule has 2 amide bonds. The van der Waals surface area contributed by atoms with E-state index in [2.05, 4.69) is 15.1 Å². The van der Waals surface area contributed by atoms with Crippen molar-refractivity contribution in [3.63, 3.8) is 0 Å². The summed E-state index contributed by atoms with van der Waals surface area (Å²) < 4.78 is 5.38. The highest BCUT2D eigenvalue weighted by molar-refractivity contribution is 6.05. The summed E-state index contributed by atoms with van der Waals surface area (Å²) in [5.74, 6) is 0.703. The van der Waals surface area contributed by atoms with Crippen molar-refractivity contribution in [1.29, 1.82) is 0 Å². The minimum atomic E-state index is -0.468. The number of benzene rings is 1. The largest absolute Gasteiger partial charge is 0.337 e. The smallest absolute Gasteiger partial charge is 0.273 e. The van der Waals surface area contributed by atoms with Crippen LogP contribution in [-0.2, 0) is 4.79 Å². The van der Waals surface area contributed by atoms with E-state index >= 15 is 0 Å². The standard InChI is InChI=1S/C21H23N5O3/c1-3-18(27)26-12-6-11-25(13-17(26)20-23-14(2)24-29-20)21(28)19-16-8-5-4-7-15(16)9-10-22-19/h4-5,7-10,17H,3,6,11-13H2,1-2H3. The monoisotopic (exact) mass is 393 g/mol. The van der Waals surface area contributed by atoms with E-state index in [4.69, 9.17) is 4.52 Å². The van der Waals surface area contributed by atoms with Gasteiger partial charge in [-0.1, -0.05) is 36.3 Å². The fourth-order valence-electron chi connectivity index (χ4n) is 3.77. The van der Waals surface area contributed by atoms with Crippen molar-refractivity contribution >= 4 is 22.6 Å². The van der Waals surface area contributed by atoms with Crippen LogP contribution in [0.3, 0.4) is 0 Å². The van der Waals surface area contributed by atoms with Crippen LogP contribution in [-0.4, -0.2) is 56.4 Å². The molecule has 4 rings (SSSR count). The van der Waals surface area contributed by atoms with Gasteiger partial charge in [-0.2, -0.15) is 4.98 Å². The van der Waals surface area contributed by atoms with Crippen molar-refractivity contribution in [3.8, 4) is 0 Å². The van der Waals surface area contributed by atoms with Crippen LogP contribution in [0.15, 0.2) is 41.1 Å². The first-order valence-corrected chi connectivity index (χ1v) is 9.81. The van der Waals surface area contributed by atoms with Crippen LogP contribution < -0.4 is 0 Å². The number of pyridine rings is 1. The number of carbonyl (C=O) groups is 2. The summed E-state index contributed by atoms with van der Waals surface area (Å²) in [4.78, 5) is 38.1. The summed E-state index contributed by atoms with van der Waals surface area (Å²) in [7, 11) is 0. The number of aryl methyl sites for hydroxylation is 1. The number of hydrogen-bond acceptors (Lipinski definition) is 6. The first-order chi connectivity index (χ1) is 14.1. The molecule has 0 radical (unpaired) electrons. The molecule has 0 saturated carbocycles. The van der Waals surface area contributed by atoms with Gasteiger partial charge in [-0.15, -0.1) is 0 Å². The van der Waals surface area contributed by atoms with Gasteiger partial charge in [0.25, 0.3) is 11.8 Å². The third kappa shape index (κ3) is 3.70. The Bertz CT molecular complexity index is 1040. The number of fused-ring (bicyclic) bond motifs is 1. The van der Waals surface area contributed by atoms with Crippen LogP contribution in [0.4, 0.5) is 0 Å². The number of amides is 2. The van der Waals surface area contributed by atoms with Gasteiger partial charge in [-0.25, -0.2) is 0 Å². The predicted molar refractivity (Wildman–Crippen MR) is 106 cm³/mol. The minimum Gasteiger partial charge on any atom is -0.337 e. The second-order valence-electron chi connectivity index (χ2n) is 7.12. The fraction of sp³-hybridized carbons (Fsp3) is 0.381. The van der Waals surface area contributed by atoms with Crippen molar-refractivity contribution in [2.75, 3.05) is 19.6 Å². The Morgan fingerprint density at radius 2 is 2.03 bits per heavy atom. The molecular formula is C21H23N5O3. The summed E-state index contributed by atoms with van der Waals surface area (Å²) in [6.07, 6.45) is 2.70. The van der Waals surface area contributed by atoms with Gasteiger partial charge in [0.1, 0.15) is 11.7 Å². The van der Waals surface area contributed by atoms with E-state index in [0.717, 1.165) is 10.8 Å². The summed E-state index contributed by atoms with van der Waals surface area (Å²) in [6.45, 7) is 4.91. The number of nitrogens with zero attached hydrogens (tertiary/aromatic N) is 5. The molecule has 8 heteroatoms. The van der Waals surface area contributed by atoms with E-state index in [9.17, 15) is 9.59 Å². The van der Waals surface area contributed by atoms with Crippen LogP contribution in [0.1, 0.15) is 48.0 Å². The summed E-state index contributed by atoms with van der Waals surface area (Å²) in [5.41, 5.74) is 0.416. The molecular weight excluding hydrogens is 370 g/mol. The highest BCUT2D eigenvalue weighted by Crippen LogP contribution is 2.26. The van der Waals surface area contributed by atoms with Gasteiger partial charge in [-0.05, 0) is 24.8 Å². The third-order valence-corrected chi connectivity index (χ3v) is 5.21. The second-order valence-corrected chi connectivity index (χ2v) is 7.12. The van der Waals surface area contributed by atoms with Gasteiger partial charge in [0, 0.05) is 31.1 Å². The van der Waals surface area contributed by atoms with E-state index in [0.29, 0.717) is 43.3 Å². The number of hydrogen-bond donors (Lipinski definition) is 0. The van der Waals surface area contributed by atoms with Crippen molar-refractivity contribution in [2.45, 2.75) is 32.7 Å². The third-order valence-electron chi connectivity index (χ3n) is 5.21.